The van der Waals surface area contributed by atoms with Crippen molar-refractivity contribution >= 4 is 41.2 Å². The van der Waals surface area contributed by atoms with Gasteiger partial charge in [0, 0.05) is 22.0 Å². The number of halogens is 1. The molecule has 0 bridgehead atoms. The minimum Gasteiger partial charge on any atom is -0.466 e. The number of carbonyl (C=O) groups excluding carboxylic acids is 4. The number of amides is 2. The molecule has 0 aliphatic heterocycles. The largest absolute Gasteiger partial charge is 0.466 e. The summed E-state index contributed by atoms with van der Waals surface area (Å²) in [6.07, 6.45) is -0.898. The van der Waals surface area contributed by atoms with Crippen LogP contribution < -0.4 is 10.6 Å². The number of hydrogen-bond donors (Lipinski definition) is 2. The van der Waals surface area contributed by atoms with E-state index >= 15 is 0 Å². The standard InChI is InChI=1S/C25H33ClN2O7/c1-7-33-20(30)18-17-16(19(29)27-15-11-9-10-14(26)12-15)13-25(24(17,18)6,21(31)34-8-2)28-22(32)35-23(3,4)5/h9-12,16-18H,7-8,13H2,1-6H3,(H,27,29)(H,28,32). The molecule has 192 valence electrons. The Labute approximate surface area is 210 Å². The fourth-order valence-electron chi connectivity index (χ4n) is 5.38. The van der Waals surface area contributed by atoms with Crippen molar-refractivity contribution in [2.45, 2.75) is 59.1 Å². The lowest BCUT2D eigenvalue weighted by atomic mass is 9.79. The minimum atomic E-state index is -1.66. The number of rotatable bonds is 7. The second kappa shape index (κ2) is 9.68. The van der Waals surface area contributed by atoms with Crippen LogP contribution in [0.25, 0.3) is 0 Å². The van der Waals surface area contributed by atoms with Gasteiger partial charge in [0.25, 0.3) is 0 Å². The van der Waals surface area contributed by atoms with E-state index in [9.17, 15) is 19.2 Å². The molecule has 9 nitrogen and oxygen atoms in total. The molecule has 0 saturated heterocycles. The van der Waals surface area contributed by atoms with E-state index in [0.29, 0.717) is 10.7 Å². The van der Waals surface area contributed by atoms with Gasteiger partial charge in [0.15, 0.2) is 0 Å². The van der Waals surface area contributed by atoms with Crippen LogP contribution in [0.2, 0.25) is 5.02 Å². The van der Waals surface area contributed by atoms with Crippen LogP contribution in [0.3, 0.4) is 0 Å². The van der Waals surface area contributed by atoms with Crippen LogP contribution in [-0.2, 0) is 28.6 Å². The van der Waals surface area contributed by atoms with E-state index in [-0.39, 0.29) is 19.6 Å². The molecule has 5 unspecified atom stereocenters. The molecule has 0 spiro atoms. The summed E-state index contributed by atoms with van der Waals surface area (Å²) in [4.78, 5) is 52.6. The van der Waals surface area contributed by atoms with Gasteiger partial charge in [-0.3, -0.25) is 9.59 Å². The second-order valence-electron chi connectivity index (χ2n) is 10.1. The molecule has 0 radical (unpaired) electrons. The monoisotopic (exact) mass is 508 g/mol. The highest BCUT2D eigenvalue weighted by Crippen LogP contribution is 2.75. The summed E-state index contributed by atoms with van der Waals surface area (Å²) in [5.41, 5.74) is -3.12. The lowest BCUT2D eigenvalue weighted by molar-refractivity contribution is -0.156. The van der Waals surface area contributed by atoms with Gasteiger partial charge in [0.05, 0.1) is 19.1 Å². The number of hydrogen-bond acceptors (Lipinski definition) is 7. The van der Waals surface area contributed by atoms with Gasteiger partial charge in [-0.1, -0.05) is 24.6 Å². The van der Waals surface area contributed by atoms with E-state index in [1.54, 1.807) is 65.8 Å². The van der Waals surface area contributed by atoms with Crippen LogP contribution in [0, 0.1) is 23.2 Å². The smallest absolute Gasteiger partial charge is 0.408 e. The maximum absolute atomic E-state index is 13.4. The molecule has 2 amide bonds. The highest BCUT2D eigenvalue weighted by Gasteiger charge is 2.85. The average Bonchev–Trinajstić information content (AvgIpc) is 3.28. The first-order valence-electron chi connectivity index (χ1n) is 11.7. The van der Waals surface area contributed by atoms with Crippen molar-refractivity contribution in [2.24, 2.45) is 23.2 Å². The summed E-state index contributed by atoms with van der Waals surface area (Å²) < 4.78 is 16.0. The van der Waals surface area contributed by atoms with E-state index in [2.05, 4.69) is 10.6 Å². The maximum atomic E-state index is 13.4. The third-order valence-corrected chi connectivity index (χ3v) is 7.01. The Kier molecular flexibility index (Phi) is 7.41. The fraction of sp³-hybridized carbons (Fsp3) is 0.600. The normalized spacial score (nSPS) is 28.9. The van der Waals surface area contributed by atoms with Crippen molar-refractivity contribution < 1.29 is 33.4 Å². The summed E-state index contributed by atoms with van der Waals surface area (Å²) in [6, 6.07) is 6.66. The number of nitrogens with one attached hydrogen (secondary N) is 2. The quantitative estimate of drug-likeness (QED) is 0.422. The van der Waals surface area contributed by atoms with Crippen molar-refractivity contribution in [2.75, 3.05) is 18.5 Å². The summed E-state index contributed by atoms with van der Waals surface area (Å²) in [5, 5.41) is 5.97. The summed E-state index contributed by atoms with van der Waals surface area (Å²) in [7, 11) is 0. The Hall–Kier alpha value is -2.81. The molecule has 35 heavy (non-hydrogen) atoms. The van der Waals surface area contributed by atoms with Gasteiger partial charge in [-0.15, -0.1) is 0 Å². The van der Waals surface area contributed by atoms with E-state index < -0.39 is 58.2 Å². The van der Waals surface area contributed by atoms with E-state index in [4.69, 9.17) is 25.8 Å². The highest BCUT2D eigenvalue weighted by atomic mass is 35.5. The summed E-state index contributed by atoms with van der Waals surface area (Å²) in [6.45, 7) is 10.3. The molecular weight excluding hydrogens is 476 g/mol. The van der Waals surface area contributed by atoms with Gasteiger partial charge in [-0.05, 0) is 65.2 Å². The van der Waals surface area contributed by atoms with Crippen LogP contribution in [0.15, 0.2) is 24.3 Å². The zero-order valence-corrected chi connectivity index (χ0v) is 21.7. The lowest BCUT2D eigenvalue weighted by Crippen LogP contribution is -2.61. The zero-order valence-electron chi connectivity index (χ0n) is 20.9. The van der Waals surface area contributed by atoms with Crippen molar-refractivity contribution in [1.82, 2.24) is 5.32 Å². The lowest BCUT2D eigenvalue weighted by Gasteiger charge is -2.37. The summed E-state index contributed by atoms with van der Waals surface area (Å²) in [5.74, 6) is -3.77. The van der Waals surface area contributed by atoms with Crippen LogP contribution in [-0.4, -0.2) is 48.3 Å². The van der Waals surface area contributed by atoms with E-state index in [0.717, 1.165) is 0 Å². The molecule has 1 aromatic rings. The van der Waals surface area contributed by atoms with Crippen molar-refractivity contribution in [1.29, 1.82) is 0 Å². The zero-order chi connectivity index (χ0) is 26.2. The Bertz CT molecular complexity index is 1020. The third-order valence-electron chi connectivity index (χ3n) is 6.78. The topological polar surface area (TPSA) is 120 Å². The Morgan fingerprint density at radius 3 is 2.34 bits per heavy atom. The van der Waals surface area contributed by atoms with Gasteiger partial charge in [-0.25, -0.2) is 9.59 Å². The van der Waals surface area contributed by atoms with Gasteiger partial charge < -0.3 is 24.8 Å². The van der Waals surface area contributed by atoms with Crippen LogP contribution >= 0.6 is 11.6 Å². The number of fused-ring (bicyclic) bond motifs is 1. The molecule has 1 aromatic carbocycles. The first-order valence-corrected chi connectivity index (χ1v) is 12.1. The van der Waals surface area contributed by atoms with E-state index in [1.165, 1.54) is 0 Å². The molecule has 2 saturated carbocycles. The van der Waals surface area contributed by atoms with Crippen molar-refractivity contribution in [3.63, 3.8) is 0 Å². The number of ether oxygens (including phenoxy) is 3. The van der Waals surface area contributed by atoms with Gasteiger partial charge in [0.1, 0.15) is 11.1 Å². The Balaban J connectivity index is 2.01. The molecular formula is C25H33ClN2O7. The Morgan fingerprint density at radius 2 is 1.77 bits per heavy atom. The average molecular weight is 509 g/mol. The maximum Gasteiger partial charge on any atom is 0.408 e. The van der Waals surface area contributed by atoms with Crippen LogP contribution in [0.5, 0.6) is 0 Å². The first kappa shape index (κ1) is 26.8. The minimum absolute atomic E-state index is 0.0563. The molecule has 2 aliphatic rings. The third kappa shape index (κ3) is 4.96. The SMILES string of the molecule is CCOC(=O)C1C2C(C(=O)Nc3cccc(Cl)c3)CC(NC(=O)OC(C)(C)C)(C(=O)OCC)C12C. The van der Waals surface area contributed by atoms with Gasteiger partial charge >= 0.3 is 18.0 Å². The number of benzene rings is 1. The molecule has 3 rings (SSSR count). The highest BCUT2D eigenvalue weighted by molar-refractivity contribution is 6.30. The Morgan fingerprint density at radius 1 is 1.11 bits per heavy atom. The van der Waals surface area contributed by atoms with Crippen LogP contribution in [0.4, 0.5) is 10.5 Å². The number of esters is 2. The second-order valence-corrected chi connectivity index (χ2v) is 10.5. The van der Waals surface area contributed by atoms with Crippen molar-refractivity contribution in [3.8, 4) is 0 Å². The van der Waals surface area contributed by atoms with Gasteiger partial charge in [-0.2, -0.15) is 0 Å². The molecule has 2 aliphatic carbocycles. The molecule has 0 aromatic heterocycles. The predicted octanol–water partition coefficient (Wildman–Crippen LogP) is 3.94. The fourth-order valence-corrected chi connectivity index (χ4v) is 5.57. The first-order chi connectivity index (χ1) is 16.3. The van der Waals surface area contributed by atoms with Crippen molar-refractivity contribution in [3.05, 3.63) is 29.3 Å². The number of carbonyl (C=O) groups is 4. The number of alkyl carbamates (subject to hydrolysis) is 1. The van der Waals surface area contributed by atoms with E-state index in [1.807, 2.05) is 0 Å². The molecule has 2 N–H and O–H groups in total. The molecule has 5 atom stereocenters. The predicted molar refractivity (Wildman–Crippen MR) is 129 cm³/mol. The van der Waals surface area contributed by atoms with Crippen LogP contribution in [0.1, 0.15) is 48.0 Å². The number of anilines is 1. The molecule has 0 heterocycles. The summed E-state index contributed by atoms with van der Waals surface area (Å²) >= 11 is 6.04. The molecule has 2 fully saturated rings. The van der Waals surface area contributed by atoms with Gasteiger partial charge in [0.2, 0.25) is 5.91 Å². The molecule has 10 heteroatoms.